The number of urea groups is 1. The first kappa shape index (κ1) is 16.9. The van der Waals surface area contributed by atoms with E-state index in [9.17, 15) is 4.79 Å². The molecule has 24 heavy (non-hydrogen) atoms. The maximum atomic E-state index is 12.7. The summed E-state index contributed by atoms with van der Waals surface area (Å²) in [4.78, 5) is 15.7. The summed E-state index contributed by atoms with van der Waals surface area (Å²) in [5, 5.41) is 7.53. The molecule has 5 nitrogen and oxygen atoms in total. The predicted molar refractivity (Wildman–Crippen MR) is 98.8 cm³/mol. The number of para-hydroxylation sites is 1. The van der Waals surface area contributed by atoms with Gasteiger partial charge in [-0.05, 0) is 50.1 Å². The minimum Gasteiger partial charge on any atom is -0.322 e. The van der Waals surface area contributed by atoms with E-state index in [-0.39, 0.29) is 12.1 Å². The first-order valence-electron chi connectivity index (χ1n) is 8.29. The minimum atomic E-state index is -0.0202. The second kappa shape index (κ2) is 7.30. The maximum absolute atomic E-state index is 12.7. The van der Waals surface area contributed by atoms with Gasteiger partial charge in [0.05, 0.1) is 17.9 Å². The normalized spacial score (nSPS) is 17.8. The number of aryl methyl sites for hydroxylation is 2. The van der Waals surface area contributed by atoms with Crippen LogP contribution in [-0.2, 0) is 0 Å². The Bertz CT molecular complexity index is 728. The van der Waals surface area contributed by atoms with Gasteiger partial charge in [-0.2, -0.15) is 5.10 Å². The summed E-state index contributed by atoms with van der Waals surface area (Å²) in [5.74, 6) is 0. The van der Waals surface area contributed by atoms with Gasteiger partial charge in [0, 0.05) is 24.2 Å². The minimum absolute atomic E-state index is 0.0202. The van der Waals surface area contributed by atoms with Crippen LogP contribution < -0.4 is 5.32 Å². The van der Waals surface area contributed by atoms with Gasteiger partial charge in [-0.25, -0.2) is 4.79 Å². The van der Waals surface area contributed by atoms with Crippen LogP contribution in [0, 0.1) is 13.8 Å². The zero-order valence-electron chi connectivity index (χ0n) is 14.5. The quantitative estimate of drug-likeness (QED) is 0.853. The molecule has 1 saturated heterocycles. The molecule has 6 heteroatoms. The summed E-state index contributed by atoms with van der Waals surface area (Å²) in [5.41, 5.74) is 3.17. The fourth-order valence-corrected chi connectivity index (χ4v) is 3.78. The number of carbonyl (C=O) groups is 1. The molecule has 1 atom stereocenters. The van der Waals surface area contributed by atoms with E-state index in [4.69, 9.17) is 0 Å². The molecule has 2 heterocycles. The number of piperidine rings is 1. The van der Waals surface area contributed by atoms with Crippen LogP contribution in [-0.4, -0.2) is 40.1 Å². The van der Waals surface area contributed by atoms with Crippen LogP contribution in [0.4, 0.5) is 10.5 Å². The van der Waals surface area contributed by atoms with Crippen molar-refractivity contribution in [3.63, 3.8) is 0 Å². The molecule has 128 valence electrons. The molecule has 1 aromatic carbocycles. The Morgan fingerprint density at radius 3 is 2.92 bits per heavy atom. The van der Waals surface area contributed by atoms with Crippen LogP contribution in [0.15, 0.2) is 35.5 Å². The van der Waals surface area contributed by atoms with Gasteiger partial charge in [0.2, 0.25) is 0 Å². The second-order valence-electron chi connectivity index (χ2n) is 6.32. The highest BCUT2D eigenvalue weighted by Crippen LogP contribution is 2.29. The molecule has 1 N–H and O–H groups in total. The van der Waals surface area contributed by atoms with E-state index in [0.717, 1.165) is 41.1 Å². The number of amides is 2. The van der Waals surface area contributed by atoms with Crippen LogP contribution in [0.1, 0.15) is 30.0 Å². The van der Waals surface area contributed by atoms with Crippen molar-refractivity contribution in [3.8, 4) is 0 Å². The number of nitrogens with one attached hydrogen (secondary N) is 1. The largest absolute Gasteiger partial charge is 0.322 e. The van der Waals surface area contributed by atoms with Crippen molar-refractivity contribution in [1.82, 2.24) is 14.7 Å². The highest BCUT2D eigenvalue weighted by Gasteiger charge is 2.25. The summed E-state index contributed by atoms with van der Waals surface area (Å²) >= 11 is 1.65. The standard InChI is InChI=1S/C18H24N4OS/c1-13-10-19-22(11-13)15-7-5-9-21(12-15)18(23)20-17-14(2)6-4-8-16(17)24-3/h4,6,8,10-11,15H,5,7,9,12H2,1-3H3,(H,20,23). The summed E-state index contributed by atoms with van der Waals surface area (Å²) in [6.45, 7) is 5.57. The van der Waals surface area contributed by atoms with E-state index in [1.165, 1.54) is 0 Å². The lowest BCUT2D eigenvalue weighted by Crippen LogP contribution is -2.43. The molecule has 1 aromatic heterocycles. The van der Waals surface area contributed by atoms with Crippen LogP contribution in [0.2, 0.25) is 0 Å². The van der Waals surface area contributed by atoms with Crippen molar-refractivity contribution >= 4 is 23.5 Å². The molecule has 0 bridgehead atoms. The second-order valence-corrected chi connectivity index (χ2v) is 7.17. The highest BCUT2D eigenvalue weighted by molar-refractivity contribution is 7.98. The molecule has 1 aliphatic heterocycles. The number of thioether (sulfide) groups is 1. The van der Waals surface area contributed by atoms with Gasteiger partial charge in [-0.1, -0.05) is 12.1 Å². The number of hydrogen-bond donors (Lipinski definition) is 1. The smallest absolute Gasteiger partial charge is 0.321 e. The maximum Gasteiger partial charge on any atom is 0.321 e. The molecule has 0 aliphatic carbocycles. The summed E-state index contributed by atoms with van der Waals surface area (Å²) in [7, 11) is 0. The Hall–Kier alpha value is -1.95. The van der Waals surface area contributed by atoms with Gasteiger partial charge in [0.25, 0.3) is 0 Å². The Labute approximate surface area is 147 Å². The fourth-order valence-electron chi connectivity index (χ4n) is 3.14. The van der Waals surface area contributed by atoms with Crippen molar-refractivity contribution in [1.29, 1.82) is 0 Å². The van der Waals surface area contributed by atoms with Gasteiger partial charge in [-0.3, -0.25) is 4.68 Å². The number of nitrogens with zero attached hydrogens (tertiary/aromatic N) is 3. The van der Waals surface area contributed by atoms with Crippen molar-refractivity contribution in [2.24, 2.45) is 0 Å². The molecule has 0 radical (unpaired) electrons. The molecule has 1 fully saturated rings. The summed E-state index contributed by atoms with van der Waals surface area (Å²) < 4.78 is 2.00. The van der Waals surface area contributed by atoms with E-state index in [1.54, 1.807) is 11.8 Å². The van der Waals surface area contributed by atoms with Crippen LogP contribution >= 0.6 is 11.8 Å². The number of aromatic nitrogens is 2. The summed E-state index contributed by atoms with van der Waals surface area (Å²) in [6.07, 6.45) is 8.02. The lowest BCUT2D eigenvalue weighted by molar-refractivity contribution is 0.174. The number of carbonyl (C=O) groups excluding carboxylic acids is 1. The van der Waals surface area contributed by atoms with Crippen LogP contribution in [0.5, 0.6) is 0 Å². The van der Waals surface area contributed by atoms with Crippen molar-refractivity contribution in [2.75, 3.05) is 24.7 Å². The van der Waals surface area contributed by atoms with Crippen molar-refractivity contribution in [2.45, 2.75) is 37.6 Å². The third-order valence-electron chi connectivity index (χ3n) is 4.47. The number of anilines is 1. The van der Waals surface area contributed by atoms with Crippen molar-refractivity contribution in [3.05, 3.63) is 41.7 Å². The van der Waals surface area contributed by atoms with Gasteiger partial charge in [-0.15, -0.1) is 11.8 Å². The van der Waals surface area contributed by atoms with Crippen LogP contribution in [0.3, 0.4) is 0 Å². The SMILES string of the molecule is CSc1cccc(C)c1NC(=O)N1CCCC(n2cc(C)cn2)C1. The van der Waals surface area contributed by atoms with Gasteiger partial charge >= 0.3 is 6.03 Å². The molecule has 2 aromatic rings. The first-order valence-corrected chi connectivity index (χ1v) is 9.51. The number of likely N-dealkylation sites (tertiary alicyclic amines) is 1. The molecular formula is C18H24N4OS. The van der Waals surface area contributed by atoms with Gasteiger partial charge < -0.3 is 10.2 Å². The molecule has 2 amide bonds. The predicted octanol–water partition coefficient (Wildman–Crippen LogP) is 4.09. The Morgan fingerprint density at radius 1 is 1.38 bits per heavy atom. The Balaban J connectivity index is 1.71. The zero-order chi connectivity index (χ0) is 17.1. The summed E-state index contributed by atoms with van der Waals surface area (Å²) in [6, 6.07) is 6.33. The lowest BCUT2D eigenvalue weighted by Gasteiger charge is -2.33. The molecule has 0 spiro atoms. The number of hydrogen-bond acceptors (Lipinski definition) is 3. The highest BCUT2D eigenvalue weighted by atomic mass is 32.2. The average molecular weight is 344 g/mol. The monoisotopic (exact) mass is 344 g/mol. The third-order valence-corrected chi connectivity index (χ3v) is 5.25. The first-order chi connectivity index (χ1) is 11.6. The van der Waals surface area contributed by atoms with E-state index >= 15 is 0 Å². The van der Waals surface area contributed by atoms with Crippen LogP contribution in [0.25, 0.3) is 0 Å². The van der Waals surface area contributed by atoms with Gasteiger partial charge in [0.1, 0.15) is 0 Å². The third kappa shape index (κ3) is 3.59. The molecule has 0 saturated carbocycles. The Morgan fingerprint density at radius 2 is 2.21 bits per heavy atom. The Kier molecular flexibility index (Phi) is 5.14. The average Bonchev–Trinajstić information content (AvgIpc) is 3.03. The van der Waals surface area contributed by atoms with Gasteiger partial charge in [0.15, 0.2) is 0 Å². The zero-order valence-corrected chi connectivity index (χ0v) is 15.3. The van der Waals surface area contributed by atoms with E-state index in [1.807, 2.05) is 54.1 Å². The van der Waals surface area contributed by atoms with E-state index < -0.39 is 0 Å². The molecule has 1 aliphatic rings. The molecular weight excluding hydrogens is 320 g/mol. The number of rotatable bonds is 3. The lowest BCUT2D eigenvalue weighted by atomic mass is 10.1. The topological polar surface area (TPSA) is 50.2 Å². The van der Waals surface area contributed by atoms with Crippen molar-refractivity contribution < 1.29 is 4.79 Å². The van der Waals surface area contributed by atoms with E-state index in [0.29, 0.717) is 6.54 Å². The number of benzene rings is 1. The molecule has 1 unspecified atom stereocenters. The molecule has 3 rings (SSSR count). The van der Waals surface area contributed by atoms with E-state index in [2.05, 4.69) is 16.6 Å². The fraction of sp³-hybridized carbons (Fsp3) is 0.444.